The summed E-state index contributed by atoms with van der Waals surface area (Å²) in [6, 6.07) is 15.1. The Balaban J connectivity index is 2.19. The maximum absolute atomic E-state index is 12.0. The Morgan fingerprint density at radius 3 is 2.10 bits per heavy atom. The molecular formula is C16H13O4-. The van der Waals surface area contributed by atoms with Gasteiger partial charge in [-0.15, -0.1) is 0 Å². The zero-order valence-electron chi connectivity index (χ0n) is 10.9. The zero-order valence-corrected chi connectivity index (χ0v) is 10.9. The van der Waals surface area contributed by atoms with E-state index in [1.165, 1.54) is 18.2 Å². The van der Waals surface area contributed by atoms with E-state index in [4.69, 9.17) is 4.74 Å². The molecule has 0 aliphatic heterocycles. The van der Waals surface area contributed by atoms with Gasteiger partial charge in [-0.2, -0.15) is 0 Å². The molecule has 0 saturated heterocycles. The van der Waals surface area contributed by atoms with Crippen LogP contribution in [0.15, 0.2) is 54.6 Å². The molecule has 0 aromatic heterocycles. The molecule has 4 nitrogen and oxygen atoms in total. The molecule has 0 fully saturated rings. The van der Waals surface area contributed by atoms with E-state index in [0.717, 1.165) is 5.56 Å². The van der Waals surface area contributed by atoms with Crippen LogP contribution >= 0.6 is 0 Å². The van der Waals surface area contributed by atoms with Crippen LogP contribution in [0.1, 0.15) is 39.3 Å². The second-order valence-electron chi connectivity index (χ2n) is 4.29. The molecule has 0 bridgehead atoms. The summed E-state index contributed by atoms with van der Waals surface area (Å²) in [5, 5.41) is 11.0. The maximum Gasteiger partial charge on any atom is 0.339 e. The normalized spacial score (nSPS) is 11.7. The van der Waals surface area contributed by atoms with Gasteiger partial charge in [0.05, 0.1) is 11.5 Å². The monoisotopic (exact) mass is 269 g/mol. The smallest absolute Gasteiger partial charge is 0.339 e. The molecule has 2 aromatic rings. The molecule has 0 amide bonds. The molecule has 0 aliphatic rings. The summed E-state index contributed by atoms with van der Waals surface area (Å²) in [7, 11) is 0. The molecule has 2 aromatic carbocycles. The highest BCUT2D eigenvalue weighted by Crippen LogP contribution is 2.19. The fourth-order valence-electron chi connectivity index (χ4n) is 1.86. The lowest BCUT2D eigenvalue weighted by Crippen LogP contribution is -2.25. The van der Waals surface area contributed by atoms with Crippen LogP contribution in [-0.2, 0) is 4.74 Å². The first-order valence-corrected chi connectivity index (χ1v) is 6.16. The fraction of sp³-hybridized carbons (Fsp3) is 0.125. The van der Waals surface area contributed by atoms with Crippen molar-refractivity contribution >= 4 is 11.9 Å². The highest BCUT2D eigenvalue weighted by molar-refractivity contribution is 6.01. The van der Waals surface area contributed by atoms with Crippen LogP contribution in [0, 0.1) is 0 Å². The van der Waals surface area contributed by atoms with Crippen molar-refractivity contribution in [3.05, 3.63) is 71.3 Å². The Labute approximate surface area is 116 Å². The quantitative estimate of drug-likeness (QED) is 0.796. The number of hydrogen-bond acceptors (Lipinski definition) is 4. The Bertz CT molecular complexity index is 619. The number of carboxylic acids is 1. The fourth-order valence-corrected chi connectivity index (χ4v) is 1.86. The van der Waals surface area contributed by atoms with Crippen molar-refractivity contribution < 1.29 is 19.4 Å². The van der Waals surface area contributed by atoms with Crippen LogP contribution in [0.25, 0.3) is 0 Å². The van der Waals surface area contributed by atoms with Crippen molar-refractivity contribution in [1.82, 2.24) is 0 Å². The van der Waals surface area contributed by atoms with Crippen LogP contribution in [0.5, 0.6) is 0 Å². The number of carboxylic acid groups (broad SMARTS) is 1. The van der Waals surface area contributed by atoms with E-state index in [1.54, 1.807) is 13.0 Å². The number of carbonyl (C=O) groups excluding carboxylic acids is 2. The van der Waals surface area contributed by atoms with Crippen molar-refractivity contribution in [3.63, 3.8) is 0 Å². The van der Waals surface area contributed by atoms with Gasteiger partial charge in [-0.3, -0.25) is 0 Å². The third-order valence-corrected chi connectivity index (χ3v) is 2.92. The molecule has 4 heteroatoms. The van der Waals surface area contributed by atoms with E-state index in [1.807, 2.05) is 30.3 Å². The molecule has 1 atom stereocenters. The first kappa shape index (κ1) is 13.8. The van der Waals surface area contributed by atoms with Gasteiger partial charge in [-0.05, 0) is 18.6 Å². The van der Waals surface area contributed by atoms with Crippen molar-refractivity contribution in [2.75, 3.05) is 0 Å². The van der Waals surface area contributed by atoms with Crippen LogP contribution < -0.4 is 5.11 Å². The minimum absolute atomic E-state index is 0.00437. The molecule has 0 unspecified atom stereocenters. The molecule has 2 rings (SSSR count). The van der Waals surface area contributed by atoms with E-state index in [9.17, 15) is 14.7 Å². The molecule has 102 valence electrons. The van der Waals surface area contributed by atoms with Gasteiger partial charge in [0, 0.05) is 5.56 Å². The van der Waals surface area contributed by atoms with Crippen molar-refractivity contribution in [2.24, 2.45) is 0 Å². The molecule has 0 N–H and O–H groups in total. The average Bonchev–Trinajstić information content (AvgIpc) is 2.48. The van der Waals surface area contributed by atoms with Crippen LogP contribution in [0.3, 0.4) is 0 Å². The van der Waals surface area contributed by atoms with E-state index in [0.29, 0.717) is 0 Å². The Morgan fingerprint density at radius 2 is 1.50 bits per heavy atom. The number of benzene rings is 2. The minimum atomic E-state index is -1.40. The molecular weight excluding hydrogens is 256 g/mol. The molecule has 0 saturated carbocycles. The van der Waals surface area contributed by atoms with E-state index >= 15 is 0 Å². The predicted octanol–water partition coefficient (Wildman–Crippen LogP) is 1.97. The van der Waals surface area contributed by atoms with E-state index in [2.05, 4.69) is 0 Å². The first-order valence-electron chi connectivity index (χ1n) is 6.16. The largest absolute Gasteiger partial charge is 0.545 e. The van der Waals surface area contributed by atoms with Gasteiger partial charge < -0.3 is 14.6 Å². The number of rotatable bonds is 4. The van der Waals surface area contributed by atoms with Crippen molar-refractivity contribution in [3.8, 4) is 0 Å². The topological polar surface area (TPSA) is 66.4 Å². The Kier molecular flexibility index (Phi) is 4.15. The lowest BCUT2D eigenvalue weighted by molar-refractivity contribution is -0.255. The Hall–Kier alpha value is -2.62. The van der Waals surface area contributed by atoms with Crippen molar-refractivity contribution in [1.29, 1.82) is 0 Å². The number of carbonyl (C=O) groups is 2. The van der Waals surface area contributed by atoms with Crippen LogP contribution in [0.4, 0.5) is 0 Å². The minimum Gasteiger partial charge on any atom is -0.545 e. The third-order valence-electron chi connectivity index (χ3n) is 2.92. The van der Waals surface area contributed by atoms with Gasteiger partial charge in [0.25, 0.3) is 0 Å². The molecule has 0 aliphatic carbocycles. The summed E-state index contributed by atoms with van der Waals surface area (Å²) < 4.78 is 5.28. The highest BCUT2D eigenvalue weighted by Gasteiger charge is 2.16. The van der Waals surface area contributed by atoms with Crippen LogP contribution in [-0.4, -0.2) is 11.9 Å². The van der Waals surface area contributed by atoms with Gasteiger partial charge in [0.15, 0.2) is 0 Å². The maximum atomic E-state index is 12.0. The number of esters is 1. The number of aromatic carboxylic acids is 1. The number of hydrogen-bond donors (Lipinski definition) is 0. The SMILES string of the molecule is C[C@@H](OC(=O)c1ccccc1C(=O)[O-])c1ccccc1. The van der Waals surface area contributed by atoms with Gasteiger partial charge in [-0.25, -0.2) is 4.79 Å². The highest BCUT2D eigenvalue weighted by atomic mass is 16.5. The van der Waals surface area contributed by atoms with Crippen LogP contribution in [0.2, 0.25) is 0 Å². The molecule has 20 heavy (non-hydrogen) atoms. The standard InChI is InChI=1S/C16H14O4/c1-11(12-7-3-2-4-8-12)20-16(19)14-10-6-5-9-13(14)15(17)18/h2-11H,1H3,(H,17,18)/p-1/t11-/m1/s1. The predicted molar refractivity (Wildman–Crippen MR) is 71.0 cm³/mol. The Morgan fingerprint density at radius 1 is 0.950 bits per heavy atom. The average molecular weight is 269 g/mol. The van der Waals surface area contributed by atoms with Gasteiger partial charge >= 0.3 is 5.97 Å². The van der Waals surface area contributed by atoms with Crippen molar-refractivity contribution in [2.45, 2.75) is 13.0 Å². The summed E-state index contributed by atoms with van der Waals surface area (Å²) in [5.41, 5.74) is 0.667. The summed E-state index contributed by atoms with van der Waals surface area (Å²) in [6.07, 6.45) is -0.460. The first-order chi connectivity index (χ1) is 9.59. The lowest BCUT2D eigenvalue weighted by atomic mass is 10.1. The molecule has 0 heterocycles. The summed E-state index contributed by atoms with van der Waals surface area (Å²) in [5.74, 6) is -2.08. The molecule has 0 spiro atoms. The third kappa shape index (κ3) is 3.03. The number of ether oxygens (including phenoxy) is 1. The van der Waals surface area contributed by atoms with E-state index < -0.39 is 18.0 Å². The lowest BCUT2D eigenvalue weighted by Gasteiger charge is -2.15. The summed E-state index contributed by atoms with van der Waals surface area (Å²) in [6.45, 7) is 1.73. The molecule has 0 radical (unpaired) electrons. The summed E-state index contributed by atoms with van der Waals surface area (Å²) in [4.78, 5) is 23.0. The second kappa shape index (κ2) is 6.02. The zero-order chi connectivity index (χ0) is 14.5. The van der Waals surface area contributed by atoms with Gasteiger partial charge in [0.1, 0.15) is 6.10 Å². The van der Waals surface area contributed by atoms with E-state index in [-0.39, 0.29) is 11.1 Å². The summed E-state index contributed by atoms with van der Waals surface area (Å²) >= 11 is 0. The second-order valence-corrected chi connectivity index (χ2v) is 4.29. The van der Waals surface area contributed by atoms with Gasteiger partial charge in [0.2, 0.25) is 0 Å². The van der Waals surface area contributed by atoms with Gasteiger partial charge in [-0.1, -0.05) is 48.5 Å².